The number of hydrogen-bond acceptors (Lipinski definition) is 2. The largest absolute Gasteiger partial charge is 0.385 e. The lowest BCUT2D eigenvalue weighted by atomic mass is 9.81. The van der Waals surface area contributed by atoms with Crippen LogP contribution in [0.2, 0.25) is 5.02 Å². The van der Waals surface area contributed by atoms with E-state index in [1.807, 2.05) is 20.8 Å². The minimum atomic E-state index is -1.14. The number of halogens is 1. The van der Waals surface area contributed by atoms with Gasteiger partial charge in [-0.25, -0.2) is 0 Å². The van der Waals surface area contributed by atoms with Gasteiger partial charge in [0.05, 0.1) is 5.60 Å². The van der Waals surface area contributed by atoms with Crippen molar-refractivity contribution in [1.29, 1.82) is 0 Å². The Bertz CT molecular complexity index is 399. The maximum absolute atomic E-state index is 11.9. The van der Waals surface area contributed by atoms with Crippen LogP contribution in [0.4, 0.5) is 0 Å². The number of hydrogen-bond donors (Lipinski definition) is 1. The first kappa shape index (κ1) is 14.2. The molecule has 1 aromatic rings. The van der Waals surface area contributed by atoms with Crippen molar-refractivity contribution >= 4 is 17.4 Å². The van der Waals surface area contributed by atoms with Crippen LogP contribution in [0.1, 0.15) is 39.7 Å². The standard InChI is InChI=1S/C14H19ClO2/c1-13(2,3)12(16)9-14(4,17)10-5-7-11(15)8-6-10/h5-8,17H,9H2,1-4H3. The van der Waals surface area contributed by atoms with E-state index in [1.165, 1.54) is 0 Å². The van der Waals surface area contributed by atoms with Gasteiger partial charge in [0.2, 0.25) is 0 Å². The highest BCUT2D eigenvalue weighted by molar-refractivity contribution is 6.30. The summed E-state index contributed by atoms with van der Waals surface area (Å²) in [5.74, 6) is 0.0393. The van der Waals surface area contributed by atoms with Gasteiger partial charge in [-0.3, -0.25) is 4.79 Å². The van der Waals surface area contributed by atoms with E-state index in [0.29, 0.717) is 10.6 Å². The lowest BCUT2D eigenvalue weighted by Gasteiger charge is -2.27. The average Bonchev–Trinajstić information content (AvgIpc) is 2.16. The molecule has 1 unspecified atom stereocenters. The molecule has 0 amide bonds. The Morgan fingerprint density at radius 1 is 1.18 bits per heavy atom. The fourth-order valence-electron chi connectivity index (χ4n) is 1.49. The van der Waals surface area contributed by atoms with Crippen molar-refractivity contribution in [1.82, 2.24) is 0 Å². The van der Waals surface area contributed by atoms with E-state index in [1.54, 1.807) is 31.2 Å². The second-order valence-corrected chi connectivity index (χ2v) is 6.07. The topological polar surface area (TPSA) is 37.3 Å². The van der Waals surface area contributed by atoms with E-state index < -0.39 is 11.0 Å². The first-order chi connectivity index (χ1) is 7.63. The third kappa shape index (κ3) is 3.83. The van der Waals surface area contributed by atoms with E-state index >= 15 is 0 Å². The molecule has 0 fully saturated rings. The summed E-state index contributed by atoms with van der Waals surface area (Å²) < 4.78 is 0. The van der Waals surface area contributed by atoms with Gasteiger partial charge in [-0.15, -0.1) is 0 Å². The van der Waals surface area contributed by atoms with Crippen molar-refractivity contribution in [2.24, 2.45) is 5.41 Å². The third-order valence-electron chi connectivity index (χ3n) is 2.81. The molecule has 0 bridgehead atoms. The molecule has 1 N–H and O–H groups in total. The van der Waals surface area contributed by atoms with E-state index in [4.69, 9.17) is 11.6 Å². The van der Waals surface area contributed by atoms with Gasteiger partial charge in [-0.1, -0.05) is 44.5 Å². The number of ketones is 1. The molecule has 1 rings (SSSR count). The molecule has 0 saturated heterocycles. The smallest absolute Gasteiger partial charge is 0.141 e. The second kappa shape index (κ2) is 4.79. The zero-order valence-corrected chi connectivity index (χ0v) is 11.5. The maximum atomic E-state index is 11.9. The number of carbonyl (C=O) groups is 1. The molecule has 0 radical (unpaired) electrons. The molecule has 1 aromatic carbocycles. The molecule has 17 heavy (non-hydrogen) atoms. The molecule has 0 saturated carbocycles. The minimum Gasteiger partial charge on any atom is -0.385 e. The summed E-state index contributed by atoms with van der Waals surface area (Å²) in [6.07, 6.45) is 0.109. The van der Waals surface area contributed by atoms with E-state index in [9.17, 15) is 9.90 Å². The highest BCUT2D eigenvalue weighted by Crippen LogP contribution is 2.30. The molecule has 0 aliphatic heterocycles. The predicted octanol–water partition coefficient (Wildman–Crippen LogP) is 3.55. The summed E-state index contributed by atoms with van der Waals surface area (Å²) in [7, 11) is 0. The highest BCUT2D eigenvalue weighted by Gasteiger charge is 2.31. The molecule has 0 spiro atoms. The van der Waals surface area contributed by atoms with Crippen LogP contribution in [0.3, 0.4) is 0 Å². The normalized spacial score (nSPS) is 15.4. The molecule has 94 valence electrons. The molecule has 3 heteroatoms. The fraction of sp³-hybridized carbons (Fsp3) is 0.500. The Morgan fingerprint density at radius 2 is 1.65 bits per heavy atom. The summed E-state index contributed by atoms with van der Waals surface area (Å²) in [5, 5.41) is 11.0. The van der Waals surface area contributed by atoms with E-state index in [-0.39, 0.29) is 12.2 Å². The monoisotopic (exact) mass is 254 g/mol. The van der Waals surface area contributed by atoms with Crippen LogP contribution < -0.4 is 0 Å². The van der Waals surface area contributed by atoms with Gasteiger partial charge < -0.3 is 5.11 Å². The van der Waals surface area contributed by atoms with Crippen LogP contribution in [0.25, 0.3) is 0 Å². The Labute approximate surface area is 108 Å². The summed E-state index contributed by atoms with van der Waals surface area (Å²) in [5.41, 5.74) is -0.870. The van der Waals surface area contributed by atoms with Crippen LogP contribution in [0, 0.1) is 5.41 Å². The molecule has 1 atom stereocenters. The lowest BCUT2D eigenvalue weighted by Crippen LogP contribution is -2.31. The van der Waals surface area contributed by atoms with E-state index in [0.717, 1.165) is 0 Å². The summed E-state index contributed by atoms with van der Waals surface area (Å²) in [4.78, 5) is 11.9. The molecular formula is C14H19ClO2. The van der Waals surface area contributed by atoms with Crippen molar-refractivity contribution in [3.8, 4) is 0 Å². The molecular weight excluding hydrogens is 236 g/mol. The van der Waals surface area contributed by atoms with Crippen LogP contribution in [-0.4, -0.2) is 10.9 Å². The van der Waals surface area contributed by atoms with Gasteiger partial charge in [0.25, 0.3) is 0 Å². The van der Waals surface area contributed by atoms with Gasteiger partial charge in [-0.05, 0) is 24.6 Å². The van der Waals surface area contributed by atoms with Gasteiger partial charge in [0, 0.05) is 16.9 Å². The zero-order chi connectivity index (χ0) is 13.3. The first-order valence-electron chi connectivity index (χ1n) is 5.65. The number of rotatable bonds is 3. The Morgan fingerprint density at radius 3 is 2.06 bits per heavy atom. The molecule has 0 heterocycles. The zero-order valence-electron chi connectivity index (χ0n) is 10.7. The van der Waals surface area contributed by atoms with Gasteiger partial charge >= 0.3 is 0 Å². The van der Waals surface area contributed by atoms with Crippen molar-refractivity contribution in [2.45, 2.75) is 39.7 Å². The van der Waals surface area contributed by atoms with Crippen molar-refractivity contribution in [3.05, 3.63) is 34.9 Å². The van der Waals surface area contributed by atoms with Gasteiger partial charge in [0.1, 0.15) is 5.78 Å². The van der Waals surface area contributed by atoms with Gasteiger partial charge in [-0.2, -0.15) is 0 Å². The highest BCUT2D eigenvalue weighted by atomic mass is 35.5. The van der Waals surface area contributed by atoms with Gasteiger partial charge in [0.15, 0.2) is 0 Å². The molecule has 2 nitrogen and oxygen atoms in total. The number of benzene rings is 1. The van der Waals surface area contributed by atoms with Crippen molar-refractivity contribution in [2.75, 3.05) is 0 Å². The van der Waals surface area contributed by atoms with E-state index in [2.05, 4.69) is 0 Å². The Balaban J connectivity index is 2.89. The second-order valence-electron chi connectivity index (χ2n) is 5.63. The Hall–Kier alpha value is -0.860. The van der Waals surface area contributed by atoms with Crippen LogP contribution in [0.15, 0.2) is 24.3 Å². The lowest BCUT2D eigenvalue weighted by molar-refractivity contribution is -0.131. The third-order valence-corrected chi connectivity index (χ3v) is 3.06. The average molecular weight is 255 g/mol. The Kier molecular flexibility index (Phi) is 4.00. The fourth-order valence-corrected chi connectivity index (χ4v) is 1.61. The summed E-state index contributed by atoms with van der Waals surface area (Å²) in [6.45, 7) is 7.22. The quantitative estimate of drug-likeness (QED) is 0.896. The molecule has 0 aliphatic rings. The number of aliphatic hydroxyl groups is 1. The van der Waals surface area contributed by atoms with Crippen molar-refractivity contribution in [3.63, 3.8) is 0 Å². The first-order valence-corrected chi connectivity index (χ1v) is 6.02. The SMILES string of the molecule is CC(C)(C)C(=O)CC(C)(O)c1ccc(Cl)cc1. The molecule has 0 aromatic heterocycles. The van der Waals surface area contributed by atoms with Crippen molar-refractivity contribution < 1.29 is 9.90 Å². The van der Waals surface area contributed by atoms with Crippen LogP contribution >= 0.6 is 11.6 Å². The predicted molar refractivity (Wildman–Crippen MR) is 70.1 cm³/mol. The maximum Gasteiger partial charge on any atom is 0.141 e. The molecule has 0 aliphatic carbocycles. The summed E-state index contributed by atoms with van der Waals surface area (Å²) in [6, 6.07) is 6.93. The van der Waals surface area contributed by atoms with Crippen LogP contribution in [0.5, 0.6) is 0 Å². The summed E-state index contributed by atoms with van der Waals surface area (Å²) >= 11 is 5.79. The number of carbonyl (C=O) groups excluding carboxylic acids is 1. The van der Waals surface area contributed by atoms with Crippen LogP contribution in [-0.2, 0) is 10.4 Å². The minimum absolute atomic E-state index is 0.0393. The number of Topliss-reactive ketones (excluding diaryl/α,β-unsaturated/α-hetero) is 1.